The number of hydrogen-bond donors (Lipinski definition) is 1. The standard InChI is InChI=1S/C29H40N2O6.6CO.2Co/c1-29(2,3)25-26(32)31-20-23(19-24(31)27(33)35-4)36-18-12-16-22-15-10-9-14-21(22)13-8-6-5-7-11-17-37-28(34)30-25;6*1-2;;/h8-10,12-16,23-25H,5-7,11,17-20H2,1-4H3,(H,30,34);;;;;;;;/q-2;6*-1;;+3/b13-8+;;;;;;;;/t23-,24+,25-;;;;;;;;/m1......../s1. The molecule has 1 aromatic carbocycles. The maximum atomic E-state index is 13.6. The van der Waals surface area contributed by atoms with Crippen LogP contribution in [0.4, 0.5) is 4.79 Å². The zero-order valence-electron chi connectivity index (χ0n) is 28.5. The molecule has 2 bridgehead atoms. The number of amides is 2. The Morgan fingerprint density at radius 2 is 1.49 bits per heavy atom. The molecule has 1 saturated heterocycles. The van der Waals surface area contributed by atoms with E-state index in [1.54, 1.807) is 0 Å². The van der Waals surface area contributed by atoms with Crippen LogP contribution in [0.25, 0.3) is 6.08 Å². The summed E-state index contributed by atoms with van der Waals surface area (Å²) in [6.07, 6.45) is 11.2. The van der Waals surface area contributed by atoms with Crippen molar-refractivity contribution < 1.29 is 90.9 Å². The second kappa shape index (κ2) is 38.8. The molecule has 2 heterocycles. The number of nitrogens with one attached hydrogen (secondary N) is 1. The number of rotatable bonds is 1. The minimum atomic E-state index is -0.874. The van der Waals surface area contributed by atoms with Gasteiger partial charge < -0.3 is 107 Å². The predicted octanol–water partition coefficient (Wildman–Crippen LogP) is 1.94. The topological polar surface area (TPSA) is 197 Å². The van der Waals surface area contributed by atoms with Crippen molar-refractivity contribution >= 4 is 64.8 Å². The van der Waals surface area contributed by atoms with Gasteiger partial charge in [-0.2, -0.15) is 6.07 Å². The van der Waals surface area contributed by atoms with Crippen LogP contribution >= 0.6 is 0 Å². The number of ether oxygens (including phenoxy) is 3. The zero-order chi connectivity index (χ0) is 38.8. The van der Waals surface area contributed by atoms with Crippen LogP contribution in [-0.4, -0.2) is 109 Å². The second-order valence-electron chi connectivity index (χ2n) is 10.6. The number of carbonyl (C=O) groups excluding carboxylic acids is 9. The summed E-state index contributed by atoms with van der Waals surface area (Å²) >= 11 is 0. The molecule has 3 rings (SSSR count). The summed E-state index contributed by atoms with van der Waals surface area (Å²) in [5, 5.41) is 2.74. The van der Waals surface area contributed by atoms with Gasteiger partial charge in [-0.3, -0.25) is 4.79 Å². The monoisotopic (exact) mass is 798 g/mol. The van der Waals surface area contributed by atoms with Gasteiger partial charge in [0.2, 0.25) is 5.91 Å². The van der Waals surface area contributed by atoms with Crippen molar-refractivity contribution in [2.45, 2.75) is 71.1 Å². The predicted molar refractivity (Wildman–Crippen MR) is 175 cm³/mol. The van der Waals surface area contributed by atoms with Crippen molar-refractivity contribution in [1.82, 2.24) is 10.2 Å². The molecule has 7 radical (unpaired) electrons. The Bertz CT molecular complexity index is 1060. The largest absolute Gasteiger partial charge is 3.00 e. The van der Waals surface area contributed by atoms with Crippen LogP contribution in [0.15, 0.2) is 30.3 Å². The molecule has 1 aromatic rings. The maximum absolute atomic E-state index is 13.6. The molecule has 1 fully saturated rings. The molecule has 0 spiro atoms. The van der Waals surface area contributed by atoms with E-state index in [9.17, 15) is 14.4 Å². The SMILES string of the molecule is COC(=O)[C@@H]1C[C@@H]2CN1C(=O)[C@H](C(C)(C)C)NC(=O)OCCCCC/C=C/c1ccccc1[CH-][CH-]CO2.[C-]=O.[C-]=O.[C-]=O.[C-]=O.[C-]=O.[C-]=O.[Co+3].[Co]. The minimum absolute atomic E-state index is 0. The van der Waals surface area contributed by atoms with Crippen molar-refractivity contribution in [3.8, 4) is 0 Å². The number of allylic oxidation sites excluding steroid dienone is 1. The zero-order valence-corrected chi connectivity index (χ0v) is 30.6. The molecule has 3 atom stereocenters. The van der Waals surface area contributed by atoms with Crippen molar-refractivity contribution in [2.75, 3.05) is 26.9 Å². The molecule has 285 valence electrons. The Morgan fingerprint density at radius 3 is 2.04 bits per heavy atom. The first-order valence-electron chi connectivity index (χ1n) is 14.3. The van der Waals surface area contributed by atoms with E-state index >= 15 is 0 Å². The number of cyclic esters (lactones) is 1. The van der Waals surface area contributed by atoms with E-state index in [1.165, 1.54) is 12.0 Å². The Balaban J connectivity index is -0.000000327. The number of benzene rings is 1. The fourth-order valence-electron chi connectivity index (χ4n) is 4.59. The fourth-order valence-corrected chi connectivity index (χ4v) is 4.59. The molecule has 51 heavy (non-hydrogen) atoms. The van der Waals surface area contributed by atoms with Gasteiger partial charge >= 0.3 is 28.8 Å². The number of fused-ring (bicyclic) bond motifs is 3. The number of esters is 1. The molecule has 0 aromatic heterocycles. The molecule has 14 nitrogen and oxygen atoms in total. The normalized spacial score (nSPS) is 19.0. The summed E-state index contributed by atoms with van der Waals surface area (Å²) in [4.78, 5) is 85.2. The molecule has 16 heteroatoms. The summed E-state index contributed by atoms with van der Waals surface area (Å²) in [6, 6.07) is 6.50. The number of hydrogen-bond acceptors (Lipinski definition) is 12. The molecule has 0 saturated carbocycles. The molecule has 0 aliphatic carbocycles. The summed E-state index contributed by atoms with van der Waals surface area (Å²) in [5.41, 5.74) is 1.61. The summed E-state index contributed by atoms with van der Waals surface area (Å²) < 4.78 is 16.4. The van der Waals surface area contributed by atoms with Crippen molar-refractivity contribution in [1.29, 1.82) is 0 Å². The van der Waals surface area contributed by atoms with Gasteiger partial charge in [-0.05, 0) is 31.1 Å². The first kappa shape index (κ1) is 59.2. The summed E-state index contributed by atoms with van der Waals surface area (Å²) in [5.74, 6) is -0.854. The van der Waals surface area contributed by atoms with Gasteiger partial charge in [0, 0.05) is 29.7 Å². The van der Waals surface area contributed by atoms with Gasteiger partial charge in [0.1, 0.15) is 12.1 Å². The van der Waals surface area contributed by atoms with Gasteiger partial charge in [-0.25, -0.2) is 15.2 Å². The maximum Gasteiger partial charge on any atom is 3.00 e. The van der Waals surface area contributed by atoms with Crippen LogP contribution in [-0.2, 0) is 86.1 Å². The number of methoxy groups -OCH3 is 1. The summed E-state index contributed by atoms with van der Waals surface area (Å²) in [6.45, 7) is 33.4. The van der Waals surface area contributed by atoms with Crippen LogP contribution < -0.4 is 5.32 Å². The van der Waals surface area contributed by atoms with E-state index < -0.39 is 29.6 Å². The Labute approximate surface area is 322 Å². The third-order valence-corrected chi connectivity index (χ3v) is 6.66. The van der Waals surface area contributed by atoms with Crippen LogP contribution in [0.3, 0.4) is 0 Å². The van der Waals surface area contributed by atoms with E-state index in [1.807, 2.05) is 45.7 Å². The Hall–Kier alpha value is -3.97. The van der Waals surface area contributed by atoms with Crippen molar-refractivity contribution in [2.24, 2.45) is 5.41 Å². The average molecular weight is 799 g/mol. The average Bonchev–Trinajstić information content (AvgIpc) is 3.58. The van der Waals surface area contributed by atoms with E-state index in [0.29, 0.717) is 13.0 Å². The van der Waals surface area contributed by atoms with Crippen LogP contribution in [0.2, 0.25) is 0 Å². The molecular weight excluding hydrogens is 758 g/mol. The quantitative estimate of drug-likeness (QED) is 0.321. The van der Waals surface area contributed by atoms with Crippen LogP contribution in [0.1, 0.15) is 64.0 Å². The molecule has 2 aliphatic heterocycles. The van der Waals surface area contributed by atoms with E-state index in [4.69, 9.17) is 43.0 Å². The Morgan fingerprint density at radius 1 is 0.922 bits per heavy atom. The van der Waals surface area contributed by atoms with Crippen LogP contribution in [0.5, 0.6) is 0 Å². The molecular formula is C35H40Co2N2O12-5. The third-order valence-electron chi connectivity index (χ3n) is 6.66. The van der Waals surface area contributed by atoms with Gasteiger partial charge in [0.25, 0.3) is 0 Å². The van der Waals surface area contributed by atoms with Crippen molar-refractivity contribution in [3.05, 3.63) is 54.3 Å². The van der Waals surface area contributed by atoms with E-state index in [-0.39, 0.29) is 58.7 Å². The van der Waals surface area contributed by atoms with Gasteiger partial charge in [-0.1, -0.05) is 39.5 Å². The molecule has 2 amide bonds. The number of nitrogens with zero attached hydrogens (tertiary/aromatic N) is 1. The number of carbonyl (C=O) groups is 3. The first-order chi connectivity index (χ1) is 23.7. The summed E-state index contributed by atoms with van der Waals surface area (Å²) in [7, 11) is 1.31. The second-order valence-corrected chi connectivity index (χ2v) is 10.6. The van der Waals surface area contributed by atoms with Crippen LogP contribution in [0, 0.1) is 18.3 Å². The molecule has 2 aliphatic rings. The fraction of sp³-hybridized carbons (Fsp3) is 0.457. The molecule has 1 N–H and O–H groups in total. The third kappa shape index (κ3) is 24.0. The first-order valence-corrected chi connectivity index (χ1v) is 14.3. The van der Waals surface area contributed by atoms with E-state index in [2.05, 4.69) is 70.3 Å². The Kier molecular flexibility index (Phi) is 45.1. The smallest absolute Gasteiger partial charge is 0.573 e. The van der Waals surface area contributed by atoms with Crippen molar-refractivity contribution in [3.63, 3.8) is 0 Å². The molecule has 0 unspecified atom stereocenters. The van der Waals surface area contributed by atoms with Gasteiger partial charge in [0.05, 0.1) is 19.8 Å². The number of alkyl carbamates (subject to hydrolysis) is 1. The van der Waals surface area contributed by atoms with Gasteiger partial charge in [-0.15, -0.1) is 23.8 Å². The minimum Gasteiger partial charge on any atom is -0.573 e. The van der Waals surface area contributed by atoms with E-state index in [0.717, 1.165) is 36.8 Å². The van der Waals surface area contributed by atoms with Gasteiger partial charge in [0.15, 0.2) is 0 Å².